The minimum Gasteiger partial charge on any atom is -0.477 e. The molecule has 2 aliphatic heterocycles. The molecule has 1 saturated heterocycles. The molecule has 0 saturated carbocycles. The van der Waals surface area contributed by atoms with Crippen LogP contribution in [0.1, 0.15) is 36.2 Å². The minimum atomic E-state index is 0.0204. The lowest BCUT2D eigenvalue weighted by molar-refractivity contribution is 0.0716. The highest BCUT2D eigenvalue weighted by Crippen LogP contribution is 2.32. The van der Waals surface area contributed by atoms with Crippen molar-refractivity contribution in [1.82, 2.24) is 14.7 Å². The van der Waals surface area contributed by atoms with E-state index in [-0.39, 0.29) is 5.91 Å². The molecular formula is C12H16BrN3O2. The van der Waals surface area contributed by atoms with E-state index < -0.39 is 0 Å². The van der Waals surface area contributed by atoms with E-state index in [4.69, 9.17) is 4.74 Å². The van der Waals surface area contributed by atoms with Gasteiger partial charge >= 0.3 is 0 Å². The molecule has 5 nitrogen and oxygen atoms in total. The van der Waals surface area contributed by atoms with Crippen LogP contribution >= 0.6 is 15.9 Å². The fraction of sp³-hybridized carbons (Fsp3) is 0.667. The van der Waals surface area contributed by atoms with E-state index in [1.165, 1.54) is 6.42 Å². The van der Waals surface area contributed by atoms with E-state index in [1.54, 1.807) is 4.68 Å². The molecule has 0 bridgehead atoms. The van der Waals surface area contributed by atoms with E-state index in [0.29, 0.717) is 22.7 Å². The molecule has 98 valence electrons. The Morgan fingerprint density at radius 3 is 2.67 bits per heavy atom. The summed E-state index contributed by atoms with van der Waals surface area (Å²) >= 11 is 3.45. The highest BCUT2D eigenvalue weighted by Gasteiger charge is 2.28. The van der Waals surface area contributed by atoms with Crippen LogP contribution in [0.5, 0.6) is 5.88 Å². The van der Waals surface area contributed by atoms with Crippen molar-refractivity contribution >= 4 is 21.8 Å². The maximum Gasteiger partial charge on any atom is 0.275 e. The van der Waals surface area contributed by atoms with E-state index in [1.807, 2.05) is 4.90 Å². The fourth-order valence-electron chi connectivity index (χ4n) is 2.48. The number of carbonyl (C=O) groups is 1. The lowest BCUT2D eigenvalue weighted by Gasteiger charge is -2.25. The summed E-state index contributed by atoms with van der Waals surface area (Å²) in [5.74, 6) is 0.716. The number of likely N-dealkylation sites (tertiary alicyclic amines) is 1. The van der Waals surface area contributed by atoms with Gasteiger partial charge in [0.2, 0.25) is 5.88 Å². The van der Waals surface area contributed by atoms with Crippen molar-refractivity contribution in [2.75, 3.05) is 19.7 Å². The number of fused-ring (bicyclic) bond motifs is 1. The Balaban J connectivity index is 1.87. The largest absolute Gasteiger partial charge is 0.477 e. The zero-order chi connectivity index (χ0) is 12.5. The normalized spacial score (nSPS) is 19.3. The summed E-state index contributed by atoms with van der Waals surface area (Å²) in [6.45, 7) is 3.20. The molecule has 1 aromatic rings. The first-order chi connectivity index (χ1) is 8.77. The van der Waals surface area contributed by atoms with Crippen LogP contribution in [0, 0.1) is 0 Å². The molecular weight excluding hydrogens is 298 g/mol. The van der Waals surface area contributed by atoms with Gasteiger partial charge in [-0.2, -0.15) is 5.10 Å². The van der Waals surface area contributed by atoms with Crippen LogP contribution in [0.4, 0.5) is 0 Å². The van der Waals surface area contributed by atoms with E-state index >= 15 is 0 Å². The second-order valence-corrected chi connectivity index (χ2v) is 5.54. The van der Waals surface area contributed by atoms with Crippen molar-refractivity contribution in [1.29, 1.82) is 0 Å². The van der Waals surface area contributed by atoms with Crippen LogP contribution in [0.2, 0.25) is 0 Å². The molecule has 3 heterocycles. The molecule has 0 unspecified atom stereocenters. The molecule has 2 aliphatic rings. The SMILES string of the molecule is O=C(c1nn2c(c1Br)OCCC2)N1CCCCC1. The lowest BCUT2D eigenvalue weighted by atomic mass is 10.1. The number of aryl methyl sites for hydroxylation is 1. The molecule has 0 radical (unpaired) electrons. The second kappa shape index (κ2) is 4.91. The molecule has 1 fully saturated rings. The van der Waals surface area contributed by atoms with Gasteiger partial charge in [0.15, 0.2) is 5.69 Å². The topological polar surface area (TPSA) is 47.4 Å². The third kappa shape index (κ3) is 2.02. The summed E-state index contributed by atoms with van der Waals surface area (Å²) in [7, 11) is 0. The number of halogens is 1. The van der Waals surface area contributed by atoms with E-state index in [0.717, 1.165) is 38.9 Å². The number of piperidine rings is 1. The molecule has 0 aliphatic carbocycles. The lowest BCUT2D eigenvalue weighted by Crippen LogP contribution is -2.36. The second-order valence-electron chi connectivity index (χ2n) is 4.75. The number of nitrogens with zero attached hydrogens (tertiary/aromatic N) is 3. The first-order valence-electron chi connectivity index (χ1n) is 6.46. The minimum absolute atomic E-state index is 0.0204. The molecule has 0 aromatic carbocycles. The predicted octanol–water partition coefficient (Wildman–Crippen LogP) is 2.05. The van der Waals surface area contributed by atoms with Crippen LogP contribution in [0.15, 0.2) is 4.47 Å². The fourth-order valence-corrected chi connectivity index (χ4v) is 3.05. The Morgan fingerprint density at radius 1 is 1.17 bits per heavy atom. The first kappa shape index (κ1) is 12.0. The maximum absolute atomic E-state index is 12.4. The zero-order valence-corrected chi connectivity index (χ0v) is 11.8. The zero-order valence-electron chi connectivity index (χ0n) is 10.2. The molecule has 18 heavy (non-hydrogen) atoms. The van der Waals surface area contributed by atoms with Crippen molar-refractivity contribution in [2.24, 2.45) is 0 Å². The maximum atomic E-state index is 12.4. The summed E-state index contributed by atoms with van der Waals surface area (Å²) in [6, 6.07) is 0. The molecule has 3 rings (SSSR count). The van der Waals surface area contributed by atoms with Gasteiger partial charge in [0.1, 0.15) is 4.47 Å². The monoisotopic (exact) mass is 313 g/mol. The summed E-state index contributed by atoms with van der Waals surface area (Å²) < 4.78 is 8.04. The smallest absolute Gasteiger partial charge is 0.275 e. The van der Waals surface area contributed by atoms with Crippen molar-refractivity contribution < 1.29 is 9.53 Å². The van der Waals surface area contributed by atoms with Gasteiger partial charge in [-0.25, -0.2) is 4.68 Å². The van der Waals surface area contributed by atoms with Gasteiger partial charge in [-0.05, 0) is 35.2 Å². The summed E-state index contributed by atoms with van der Waals surface area (Å²) in [5.41, 5.74) is 0.494. The van der Waals surface area contributed by atoms with Crippen molar-refractivity contribution in [3.63, 3.8) is 0 Å². The molecule has 0 atom stereocenters. The number of ether oxygens (including phenoxy) is 1. The summed E-state index contributed by atoms with van der Waals surface area (Å²) in [6.07, 6.45) is 4.34. The van der Waals surface area contributed by atoms with Crippen molar-refractivity contribution in [2.45, 2.75) is 32.2 Å². The number of aromatic nitrogens is 2. The Morgan fingerprint density at radius 2 is 1.94 bits per heavy atom. The van der Waals surface area contributed by atoms with Gasteiger partial charge in [0.25, 0.3) is 5.91 Å². The van der Waals surface area contributed by atoms with Gasteiger partial charge in [0.05, 0.1) is 6.61 Å². The number of carbonyl (C=O) groups excluding carboxylic acids is 1. The molecule has 0 N–H and O–H groups in total. The number of amides is 1. The average Bonchev–Trinajstić information content (AvgIpc) is 2.77. The van der Waals surface area contributed by atoms with Gasteiger partial charge in [-0.15, -0.1) is 0 Å². The van der Waals surface area contributed by atoms with Crippen LogP contribution in [-0.2, 0) is 6.54 Å². The van der Waals surface area contributed by atoms with Gasteiger partial charge in [0, 0.05) is 26.1 Å². The van der Waals surface area contributed by atoms with E-state index in [2.05, 4.69) is 21.0 Å². The Bertz CT molecular complexity index is 466. The van der Waals surface area contributed by atoms with Crippen molar-refractivity contribution in [3.05, 3.63) is 10.2 Å². The van der Waals surface area contributed by atoms with Crippen molar-refractivity contribution in [3.8, 4) is 5.88 Å². The first-order valence-corrected chi connectivity index (χ1v) is 7.25. The number of hydrogen-bond acceptors (Lipinski definition) is 3. The molecule has 0 spiro atoms. The van der Waals surface area contributed by atoms with Crippen LogP contribution < -0.4 is 4.74 Å². The van der Waals surface area contributed by atoms with Crippen LogP contribution in [0.25, 0.3) is 0 Å². The number of rotatable bonds is 1. The number of hydrogen-bond donors (Lipinski definition) is 0. The standard InChI is InChI=1S/C12H16BrN3O2/c13-9-10(11(17)15-5-2-1-3-6-15)14-16-7-4-8-18-12(9)16/h1-8H2. The quantitative estimate of drug-likeness (QED) is 0.797. The predicted molar refractivity (Wildman–Crippen MR) is 69.8 cm³/mol. The third-order valence-electron chi connectivity index (χ3n) is 3.45. The van der Waals surface area contributed by atoms with Gasteiger partial charge in [-0.1, -0.05) is 0 Å². The molecule has 1 aromatic heterocycles. The summed E-state index contributed by atoms with van der Waals surface area (Å²) in [4.78, 5) is 14.3. The highest BCUT2D eigenvalue weighted by atomic mass is 79.9. The third-order valence-corrected chi connectivity index (χ3v) is 4.16. The summed E-state index contributed by atoms with van der Waals surface area (Å²) in [5, 5.41) is 4.38. The van der Waals surface area contributed by atoms with Gasteiger partial charge < -0.3 is 9.64 Å². The Labute approximate surface area is 114 Å². The molecule has 1 amide bonds. The van der Waals surface area contributed by atoms with Gasteiger partial charge in [-0.3, -0.25) is 4.79 Å². The molecule has 6 heteroatoms. The Hall–Kier alpha value is -1.04. The van der Waals surface area contributed by atoms with Crippen LogP contribution in [-0.4, -0.2) is 40.3 Å². The van der Waals surface area contributed by atoms with Crippen LogP contribution in [0.3, 0.4) is 0 Å². The average molecular weight is 314 g/mol. The Kier molecular flexibility index (Phi) is 3.28. The van der Waals surface area contributed by atoms with E-state index in [9.17, 15) is 4.79 Å². The highest BCUT2D eigenvalue weighted by molar-refractivity contribution is 9.10.